The maximum Gasteiger partial charge on any atom is 0.306 e. The standard InChI is InChI=1S/C13H23NO3/c1-9(2)7-12(15)14-8-10-3-5-11(6-4-10)13(16)17/h9-11H,3-8H2,1-2H3,(H,14,15)(H,16,17). The molecule has 1 saturated carbocycles. The molecule has 4 nitrogen and oxygen atoms in total. The minimum Gasteiger partial charge on any atom is -0.481 e. The van der Waals surface area contributed by atoms with Crippen LogP contribution in [-0.2, 0) is 9.59 Å². The number of carbonyl (C=O) groups excluding carboxylic acids is 1. The van der Waals surface area contributed by atoms with Crippen LogP contribution >= 0.6 is 0 Å². The third kappa shape index (κ3) is 5.20. The van der Waals surface area contributed by atoms with Gasteiger partial charge in [0.05, 0.1) is 5.92 Å². The zero-order chi connectivity index (χ0) is 12.8. The molecule has 1 aliphatic rings. The predicted molar refractivity (Wildman–Crippen MR) is 65.5 cm³/mol. The van der Waals surface area contributed by atoms with Crippen LogP contribution in [0.4, 0.5) is 0 Å². The van der Waals surface area contributed by atoms with Crippen LogP contribution in [-0.4, -0.2) is 23.5 Å². The molecular formula is C13H23NO3. The zero-order valence-corrected chi connectivity index (χ0v) is 10.7. The van der Waals surface area contributed by atoms with Gasteiger partial charge < -0.3 is 10.4 Å². The lowest BCUT2D eigenvalue weighted by Gasteiger charge is -2.26. The maximum atomic E-state index is 11.5. The topological polar surface area (TPSA) is 66.4 Å². The summed E-state index contributed by atoms with van der Waals surface area (Å²) in [7, 11) is 0. The van der Waals surface area contributed by atoms with Gasteiger partial charge in [-0.1, -0.05) is 13.8 Å². The molecule has 0 spiro atoms. The van der Waals surface area contributed by atoms with E-state index in [1.54, 1.807) is 0 Å². The Balaban J connectivity index is 2.18. The van der Waals surface area contributed by atoms with Gasteiger partial charge in [-0.25, -0.2) is 0 Å². The van der Waals surface area contributed by atoms with Crippen molar-refractivity contribution in [3.63, 3.8) is 0 Å². The van der Waals surface area contributed by atoms with Crippen molar-refractivity contribution >= 4 is 11.9 Å². The number of hydrogen-bond acceptors (Lipinski definition) is 2. The van der Waals surface area contributed by atoms with Gasteiger partial charge in [-0.3, -0.25) is 9.59 Å². The summed E-state index contributed by atoms with van der Waals surface area (Å²) >= 11 is 0. The van der Waals surface area contributed by atoms with Gasteiger partial charge in [0, 0.05) is 13.0 Å². The number of aliphatic carboxylic acids is 1. The highest BCUT2D eigenvalue weighted by atomic mass is 16.4. The average molecular weight is 241 g/mol. The monoisotopic (exact) mass is 241 g/mol. The molecule has 1 aliphatic carbocycles. The van der Waals surface area contributed by atoms with E-state index in [1.807, 2.05) is 13.8 Å². The van der Waals surface area contributed by atoms with E-state index >= 15 is 0 Å². The van der Waals surface area contributed by atoms with Crippen molar-refractivity contribution < 1.29 is 14.7 Å². The van der Waals surface area contributed by atoms with Gasteiger partial charge in [0.1, 0.15) is 0 Å². The maximum absolute atomic E-state index is 11.5. The lowest BCUT2D eigenvalue weighted by atomic mass is 9.82. The van der Waals surface area contributed by atoms with E-state index in [2.05, 4.69) is 5.32 Å². The third-order valence-corrected chi connectivity index (χ3v) is 3.38. The Morgan fingerprint density at radius 1 is 1.24 bits per heavy atom. The first-order valence-electron chi connectivity index (χ1n) is 6.48. The number of rotatable bonds is 5. The lowest BCUT2D eigenvalue weighted by Crippen LogP contribution is -2.32. The van der Waals surface area contributed by atoms with Crippen molar-refractivity contribution in [2.45, 2.75) is 46.0 Å². The molecule has 17 heavy (non-hydrogen) atoms. The number of hydrogen-bond donors (Lipinski definition) is 2. The van der Waals surface area contributed by atoms with E-state index in [0.29, 0.717) is 24.8 Å². The third-order valence-electron chi connectivity index (χ3n) is 3.38. The molecule has 0 radical (unpaired) electrons. The summed E-state index contributed by atoms with van der Waals surface area (Å²) in [5, 5.41) is 11.8. The second-order valence-corrected chi connectivity index (χ2v) is 5.46. The second kappa shape index (κ2) is 6.62. The van der Waals surface area contributed by atoms with E-state index in [-0.39, 0.29) is 11.8 Å². The second-order valence-electron chi connectivity index (χ2n) is 5.46. The zero-order valence-electron chi connectivity index (χ0n) is 10.7. The van der Waals surface area contributed by atoms with Gasteiger partial charge in [0.2, 0.25) is 5.91 Å². The number of amides is 1. The number of carboxylic acid groups (broad SMARTS) is 1. The Labute approximate surface area is 103 Å². The normalized spacial score (nSPS) is 24.6. The van der Waals surface area contributed by atoms with Crippen LogP contribution in [0.5, 0.6) is 0 Å². The summed E-state index contributed by atoms with van der Waals surface area (Å²) in [5.74, 6) is 0.115. The minimum absolute atomic E-state index is 0.111. The molecule has 0 aliphatic heterocycles. The van der Waals surface area contributed by atoms with Crippen LogP contribution in [0, 0.1) is 17.8 Å². The highest BCUT2D eigenvalue weighted by Crippen LogP contribution is 2.28. The van der Waals surface area contributed by atoms with Crippen molar-refractivity contribution in [2.75, 3.05) is 6.54 Å². The Kier molecular flexibility index (Phi) is 5.45. The summed E-state index contributed by atoms with van der Waals surface area (Å²) in [6.45, 7) is 4.76. The number of carbonyl (C=O) groups is 2. The van der Waals surface area contributed by atoms with E-state index in [9.17, 15) is 9.59 Å². The van der Waals surface area contributed by atoms with Gasteiger partial charge in [-0.15, -0.1) is 0 Å². The number of nitrogens with one attached hydrogen (secondary N) is 1. The van der Waals surface area contributed by atoms with Gasteiger partial charge in [0.15, 0.2) is 0 Å². The van der Waals surface area contributed by atoms with Gasteiger partial charge in [0.25, 0.3) is 0 Å². The number of carboxylic acids is 1. The fourth-order valence-electron chi connectivity index (χ4n) is 2.31. The van der Waals surface area contributed by atoms with Crippen LogP contribution in [0.3, 0.4) is 0 Å². The summed E-state index contributed by atoms with van der Waals surface area (Å²) in [6, 6.07) is 0. The van der Waals surface area contributed by atoms with Crippen LogP contribution in [0.1, 0.15) is 46.0 Å². The molecule has 0 heterocycles. The van der Waals surface area contributed by atoms with Crippen molar-refractivity contribution in [1.82, 2.24) is 5.32 Å². The van der Waals surface area contributed by atoms with Crippen molar-refractivity contribution in [3.05, 3.63) is 0 Å². The van der Waals surface area contributed by atoms with Gasteiger partial charge >= 0.3 is 5.97 Å². The van der Waals surface area contributed by atoms with E-state index in [0.717, 1.165) is 25.7 Å². The molecule has 98 valence electrons. The first-order chi connectivity index (χ1) is 7.99. The fraction of sp³-hybridized carbons (Fsp3) is 0.846. The molecule has 0 unspecified atom stereocenters. The predicted octanol–water partition coefficient (Wildman–Crippen LogP) is 2.04. The first-order valence-corrected chi connectivity index (χ1v) is 6.48. The molecule has 0 saturated heterocycles. The van der Waals surface area contributed by atoms with Crippen LogP contribution < -0.4 is 5.32 Å². The molecule has 1 rings (SSSR count). The SMILES string of the molecule is CC(C)CC(=O)NCC1CCC(C(=O)O)CC1. The smallest absolute Gasteiger partial charge is 0.306 e. The Hall–Kier alpha value is -1.06. The van der Waals surface area contributed by atoms with E-state index in [4.69, 9.17) is 5.11 Å². The highest BCUT2D eigenvalue weighted by molar-refractivity contribution is 5.76. The molecule has 0 bridgehead atoms. The molecule has 1 amide bonds. The molecule has 1 fully saturated rings. The van der Waals surface area contributed by atoms with Crippen molar-refractivity contribution in [1.29, 1.82) is 0 Å². The largest absolute Gasteiger partial charge is 0.481 e. The molecular weight excluding hydrogens is 218 g/mol. The molecule has 0 aromatic heterocycles. The molecule has 4 heteroatoms. The van der Waals surface area contributed by atoms with Crippen LogP contribution in [0.15, 0.2) is 0 Å². The first kappa shape index (κ1) is 14.0. The Morgan fingerprint density at radius 3 is 2.29 bits per heavy atom. The molecule has 2 N–H and O–H groups in total. The van der Waals surface area contributed by atoms with Crippen LogP contribution in [0.25, 0.3) is 0 Å². The van der Waals surface area contributed by atoms with E-state index in [1.165, 1.54) is 0 Å². The summed E-state index contributed by atoms with van der Waals surface area (Å²) in [6.07, 6.45) is 3.91. The van der Waals surface area contributed by atoms with Gasteiger partial charge in [-0.05, 0) is 37.5 Å². The Morgan fingerprint density at radius 2 is 1.82 bits per heavy atom. The highest BCUT2D eigenvalue weighted by Gasteiger charge is 2.25. The van der Waals surface area contributed by atoms with E-state index < -0.39 is 5.97 Å². The molecule has 0 atom stereocenters. The average Bonchev–Trinajstić information content (AvgIpc) is 2.26. The minimum atomic E-state index is -0.674. The summed E-state index contributed by atoms with van der Waals surface area (Å²) < 4.78 is 0. The lowest BCUT2D eigenvalue weighted by molar-refractivity contribution is -0.143. The summed E-state index contributed by atoms with van der Waals surface area (Å²) in [4.78, 5) is 22.2. The van der Waals surface area contributed by atoms with Gasteiger partial charge in [-0.2, -0.15) is 0 Å². The van der Waals surface area contributed by atoms with Crippen molar-refractivity contribution in [2.24, 2.45) is 17.8 Å². The molecule has 0 aromatic rings. The van der Waals surface area contributed by atoms with Crippen molar-refractivity contribution in [3.8, 4) is 0 Å². The Bertz CT molecular complexity index is 268. The van der Waals surface area contributed by atoms with Crippen LogP contribution in [0.2, 0.25) is 0 Å². The fourth-order valence-corrected chi connectivity index (χ4v) is 2.31. The quantitative estimate of drug-likeness (QED) is 0.774. The molecule has 0 aromatic carbocycles. The summed E-state index contributed by atoms with van der Waals surface area (Å²) in [5.41, 5.74) is 0.